The molecule has 2 aromatic rings. The molecule has 3 heterocycles. The summed E-state index contributed by atoms with van der Waals surface area (Å²) in [5.74, 6) is 0. The number of imidazole rings is 1. The number of aliphatic hydroxyl groups is 2. The number of aliphatic hydroxyl groups excluding tert-OH is 2. The van der Waals surface area contributed by atoms with E-state index in [2.05, 4.69) is 9.97 Å². The summed E-state index contributed by atoms with van der Waals surface area (Å²) in [6.07, 6.45) is 0.553. The molecular weight excluding hydrogens is 409 g/mol. The number of hydrogen-bond acceptors (Lipinski definition) is 8. The Hall–Kier alpha value is -1.71. The van der Waals surface area contributed by atoms with Crippen molar-refractivity contribution in [1.82, 2.24) is 19.1 Å². The Kier molecular flexibility index (Phi) is 6.74. The minimum atomic E-state index is -1.86. The van der Waals surface area contributed by atoms with Gasteiger partial charge >= 0.3 is 8.03 Å². The number of hydrogen-bond donors (Lipinski definition) is 3. The highest BCUT2D eigenvalue weighted by Crippen LogP contribution is 2.42. The summed E-state index contributed by atoms with van der Waals surface area (Å²) >= 11 is 0. The second-order valence-electron chi connectivity index (χ2n) is 8.22. The molecule has 2 aromatic heterocycles. The molecule has 1 aliphatic rings. The molecule has 7 atom stereocenters. The molecule has 0 radical (unpaired) electrons. The van der Waals surface area contributed by atoms with Crippen molar-refractivity contribution in [3.63, 3.8) is 0 Å². The first-order valence-corrected chi connectivity index (χ1v) is 11.5. The first-order chi connectivity index (χ1) is 14.1. The Morgan fingerprint density at radius 2 is 2.03 bits per heavy atom. The summed E-state index contributed by atoms with van der Waals surface area (Å²) in [6.45, 7) is 7.62. The molecule has 0 amide bonds. The fraction of sp³-hybridized carbons (Fsp3) is 0.737. The predicted octanol–water partition coefficient (Wildman–Crippen LogP) is 1.98. The van der Waals surface area contributed by atoms with Crippen LogP contribution in [-0.4, -0.2) is 58.9 Å². The number of nitrogens with zero attached hydrogens (tertiary/aromatic N) is 4. The van der Waals surface area contributed by atoms with Gasteiger partial charge in [-0.2, -0.15) is 0 Å². The van der Waals surface area contributed by atoms with E-state index in [-0.39, 0.29) is 17.6 Å². The van der Waals surface area contributed by atoms with Crippen molar-refractivity contribution in [2.75, 3.05) is 0 Å². The highest BCUT2D eigenvalue weighted by molar-refractivity contribution is 7.40. The molecule has 0 saturated carbocycles. The second-order valence-corrected chi connectivity index (χ2v) is 9.85. The van der Waals surface area contributed by atoms with Crippen LogP contribution in [0.25, 0.3) is 11.2 Å². The molecule has 3 rings (SSSR count). The smallest absolute Gasteiger partial charge is 0.388 e. The summed E-state index contributed by atoms with van der Waals surface area (Å²) in [6, 6.07) is 0. The summed E-state index contributed by atoms with van der Waals surface area (Å²) in [5, 5.41) is 29.4. The van der Waals surface area contributed by atoms with E-state index in [1.54, 1.807) is 7.05 Å². The van der Waals surface area contributed by atoms with Gasteiger partial charge in [0.1, 0.15) is 23.3 Å². The number of rotatable bonds is 8. The molecule has 10 nitrogen and oxygen atoms in total. The minimum absolute atomic E-state index is 0.0672. The Morgan fingerprint density at radius 1 is 1.33 bits per heavy atom. The van der Waals surface area contributed by atoms with Gasteiger partial charge in [-0.3, -0.25) is 9.98 Å². The highest BCUT2D eigenvalue weighted by atomic mass is 31.1. The largest absolute Gasteiger partial charge is 0.511 e. The standard InChI is InChI=1S/C19H31N5O5P/c1-6-11(3)30(27)29-19(4,7-2)8-12-14(25)15(26)18(28-12)24-10-21-13-16(20)23(5)9-22-17(13)24/h9-12,14-15,18,20,25-26H,6-8H2,1-5H3/q+1/t11?,12-,14?,15-,18?,19?/m1/s1. The van der Waals surface area contributed by atoms with E-state index in [0.29, 0.717) is 17.6 Å². The molecule has 0 aromatic carbocycles. The molecule has 1 saturated heterocycles. The Bertz CT molecular complexity index is 978. The zero-order valence-corrected chi connectivity index (χ0v) is 18.9. The van der Waals surface area contributed by atoms with Crippen molar-refractivity contribution >= 4 is 19.2 Å². The van der Waals surface area contributed by atoms with Gasteiger partial charge in [-0.15, -0.1) is 4.52 Å². The van der Waals surface area contributed by atoms with E-state index in [1.807, 2.05) is 27.7 Å². The lowest BCUT2D eigenvalue weighted by Crippen LogP contribution is -2.38. The fourth-order valence-electron chi connectivity index (χ4n) is 3.46. The average Bonchev–Trinajstić information content (AvgIpc) is 3.26. The van der Waals surface area contributed by atoms with Gasteiger partial charge < -0.3 is 19.5 Å². The topological polar surface area (TPSA) is 135 Å². The molecule has 1 aliphatic heterocycles. The molecule has 0 aliphatic carbocycles. The van der Waals surface area contributed by atoms with E-state index in [1.165, 1.54) is 21.8 Å². The fourth-order valence-corrected chi connectivity index (χ4v) is 4.57. The van der Waals surface area contributed by atoms with Crippen LogP contribution in [0.4, 0.5) is 0 Å². The molecule has 0 spiro atoms. The van der Waals surface area contributed by atoms with E-state index < -0.39 is 38.2 Å². The minimum Gasteiger partial charge on any atom is -0.388 e. The maximum atomic E-state index is 12.5. The van der Waals surface area contributed by atoms with Gasteiger partial charge in [0.05, 0.1) is 18.8 Å². The summed E-state index contributed by atoms with van der Waals surface area (Å²) in [7, 11) is -0.158. The monoisotopic (exact) mass is 440 g/mol. The van der Waals surface area contributed by atoms with Crippen molar-refractivity contribution in [2.24, 2.45) is 7.05 Å². The van der Waals surface area contributed by atoms with Gasteiger partial charge in [-0.05, 0) is 31.3 Å². The normalized spacial score (nSPS) is 27.9. The van der Waals surface area contributed by atoms with Crippen LogP contribution < -0.4 is 5.49 Å². The number of ether oxygens (including phenoxy) is 1. The number of aromatic nitrogens is 4. The quantitative estimate of drug-likeness (QED) is 0.534. The molecule has 1 fully saturated rings. The first kappa shape index (κ1) is 23.0. The zero-order chi connectivity index (χ0) is 22.2. The van der Waals surface area contributed by atoms with E-state index in [4.69, 9.17) is 14.7 Å². The molecule has 30 heavy (non-hydrogen) atoms. The van der Waals surface area contributed by atoms with Crippen LogP contribution in [0.2, 0.25) is 0 Å². The van der Waals surface area contributed by atoms with Crippen molar-refractivity contribution in [2.45, 2.75) is 82.8 Å². The van der Waals surface area contributed by atoms with E-state index >= 15 is 0 Å². The maximum absolute atomic E-state index is 12.5. The van der Waals surface area contributed by atoms with E-state index in [0.717, 1.165) is 6.42 Å². The van der Waals surface area contributed by atoms with Crippen LogP contribution >= 0.6 is 8.03 Å². The Labute approximate surface area is 176 Å². The van der Waals surface area contributed by atoms with Crippen LogP contribution in [0, 0.1) is 5.41 Å². The summed E-state index contributed by atoms with van der Waals surface area (Å²) in [5.41, 5.74) is 0.117. The molecule has 5 unspecified atom stereocenters. The Balaban J connectivity index is 1.82. The molecular formula is C19H31N5O5P+. The average molecular weight is 440 g/mol. The lowest BCUT2D eigenvalue weighted by Gasteiger charge is -2.27. The SMILES string of the molecule is CCC(C)[P+](=O)OC(C)(CC)C[C@H]1OC(n2cnc3c(=N)n(C)cnc32)[C@H](O)C1O. The third-order valence-electron chi connectivity index (χ3n) is 5.95. The van der Waals surface area contributed by atoms with Crippen LogP contribution in [-0.2, 0) is 20.9 Å². The van der Waals surface area contributed by atoms with E-state index in [9.17, 15) is 14.8 Å². The zero-order valence-electron chi connectivity index (χ0n) is 18.0. The maximum Gasteiger partial charge on any atom is 0.511 e. The van der Waals surface area contributed by atoms with Gasteiger partial charge in [0.15, 0.2) is 23.0 Å². The Morgan fingerprint density at radius 3 is 2.67 bits per heavy atom. The van der Waals surface area contributed by atoms with Crippen LogP contribution in [0.1, 0.15) is 53.2 Å². The lowest BCUT2D eigenvalue weighted by molar-refractivity contribution is -0.0622. The number of aryl methyl sites for hydroxylation is 1. The van der Waals surface area contributed by atoms with Gasteiger partial charge in [0.25, 0.3) is 0 Å². The van der Waals surface area contributed by atoms with Crippen molar-refractivity contribution in [1.29, 1.82) is 5.41 Å². The first-order valence-electron chi connectivity index (χ1n) is 10.2. The second kappa shape index (κ2) is 8.80. The van der Waals surface area contributed by atoms with Crippen molar-refractivity contribution < 1.29 is 24.0 Å². The highest BCUT2D eigenvalue weighted by Gasteiger charge is 2.49. The molecule has 0 bridgehead atoms. The number of nitrogens with one attached hydrogen (secondary N) is 1. The summed E-state index contributed by atoms with van der Waals surface area (Å²) in [4.78, 5) is 8.52. The number of fused-ring (bicyclic) bond motifs is 1. The van der Waals surface area contributed by atoms with Gasteiger partial charge in [-0.25, -0.2) is 9.97 Å². The van der Waals surface area contributed by atoms with Gasteiger partial charge in [0, 0.05) is 13.5 Å². The van der Waals surface area contributed by atoms with Gasteiger partial charge in [0.2, 0.25) is 0 Å². The van der Waals surface area contributed by atoms with Crippen LogP contribution in [0.5, 0.6) is 0 Å². The lowest BCUT2D eigenvalue weighted by atomic mass is 9.93. The molecule has 166 valence electrons. The van der Waals surface area contributed by atoms with Crippen LogP contribution in [0.15, 0.2) is 12.7 Å². The van der Waals surface area contributed by atoms with Crippen LogP contribution in [0.3, 0.4) is 0 Å². The third kappa shape index (κ3) is 4.20. The predicted molar refractivity (Wildman–Crippen MR) is 110 cm³/mol. The molecule has 3 N–H and O–H groups in total. The third-order valence-corrected chi connectivity index (χ3v) is 7.66. The van der Waals surface area contributed by atoms with Crippen molar-refractivity contribution in [3.05, 3.63) is 18.1 Å². The molecule has 11 heteroatoms. The summed E-state index contributed by atoms with van der Waals surface area (Å²) < 4.78 is 27.4. The van der Waals surface area contributed by atoms with Crippen molar-refractivity contribution in [3.8, 4) is 0 Å². The van der Waals surface area contributed by atoms with Gasteiger partial charge in [-0.1, -0.05) is 13.8 Å².